The number of aromatic nitrogens is 5. The van der Waals surface area contributed by atoms with Gasteiger partial charge in [0.1, 0.15) is 5.82 Å². The number of nitrogens with one attached hydrogen (secondary N) is 1. The van der Waals surface area contributed by atoms with Crippen LogP contribution in [0.5, 0.6) is 5.75 Å². The van der Waals surface area contributed by atoms with Gasteiger partial charge in [-0.15, -0.1) is 16.4 Å². The number of hydrogen-bond acceptors (Lipinski definition) is 8. The number of nitrogens with two attached hydrogens (primary N) is 1. The molecule has 3 aromatic heterocycles. The molecule has 1 aliphatic rings. The first kappa shape index (κ1) is 21.1. The van der Waals surface area contributed by atoms with E-state index in [0.717, 1.165) is 36.4 Å². The molecular weight excluding hydrogens is 469 g/mol. The summed E-state index contributed by atoms with van der Waals surface area (Å²) in [4.78, 5) is 6.99. The van der Waals surface area contributed by atoms with Crippen LogP contribution in [-0.4, -0.2) is 45.4 Å². The number of nitrogen functional groups attached to an aromatic ring is 1. The Labute approximate surface area is 198 Å². The van der Waals surface area contributed by atoms with Crippen molar-refractivity contribution in [2.75, 3.05) is 25.9 Å². The number of nitrogens with zero attached hydrogens (tertiary/aromatic N) is 5. The molecule has 0 spiro atoms. The first-order chi connectivity index (χ1) is 15.5. The summed E-state index contributed by atoms with van der Waals surface area (Å²) < 4.78 is 6.76. The fourth-order valence-corrected chi connectivity index (χ4v) is 5.59. The lowest BCUT2D eigenvalue weighted by Crippen LogP contribution is -2.16. The third kappa shape index (κ3) is 3.81. The van der Waals surface area contributed by atoms with E-state index >= 15 is 0 Å². The van der Waals surface area contributed by atoms with E-state index in [1.165, 1.54) is 22.2 Å². The SMILES string of the molecule is COc1c(Cl)cc(-n2nnnc2-c2cc(-c3cc4c(s3)CCNCC4)cnc2N)cc1Cl. The lowest BCUT2D eigenvalue weighted by Gasteiger charge is -2.11. The van der Waals surface area contributed by atoms with Crippen molar-refractivity contribution in [1.29, 1.82) is 0 Å². The van der Waals surface area contributed by atoms with Gasteiger partial charge in [0.25, 0.3) is 0 Å². The maximum atomic E-state index is 6.32. The number of pyridine rings is 1. The highest BCUT2D eigenvalue weighted by Crippen LogP contribution is 2.38. The number of methoxy groups -OCH3 is 1. The van der Waals surface area contributed by atoms with Crippen LogP contribution in [0.2, 0.25) is 10.0 Å². The molecule has 0 fully saturated rings. The van der Waals surface area contributed by atoms with Gasteiger partial charge >= 0.3 is 0 Å². The van der Waals surface area contributed by atoms with Crippen LogP contribution in [0, 0.1) is 0 Å². The number of thiophene rings is 1. The molecule has 0 radical (unpaired) electrons. The largest absolute Gasteiger partial charge is 0.494 e. The molecule has 0 aliphatic carbocycles. The van der Waals surface area contributed by atoms with Crippen molar-refractivity contribution in [1.82, 2.24) is 30.5 Å². The van der Waals surface area contributed by atoms with E-state index in [2.05, 4.69) is 31.9 Å². The van der Waals surface area contributed by atoms with Crippen molar-refractivity contribution in [3.05, 3.63) is 50.9 Å². The Morgan fingerprint density at radius 3 is 2.69 bits per heavy atom. The van der Waals surface area contributed by atoms with E-state index in [1.54, 1.807) is 29.7 Å². The average Bonchev–Trinajstić information content (AvgIpc) is 3.36. The molecule has 8 nitrogen and oxygen atoms in total. The lowest BCUT2D eigenvalue weighted by molar-refractivity contribution is 0.415. The van der Waals surface area contributed by atoms with Crippen molar-refractivity contribution < 1.29 is 4.74 Å². The molecule has 32 heavy (non-hydrogen) atoms. The second-order valence-corrected chi connectivity index (χ2v) is 9.27. The predicted molar refractivity (Wildman–Crippen MR) is 127 cm³/mol. The van der Waals surface area contributed by atoms with Crippen LogP contribution >= 0.6 is 34.5 Å². The Morgan fingerprint density at radius 2 is 1.91 bits per heavy atom. The van der Waals surface area contributed by atoms with Crippen molar-refractivity contribution in [3.63, 3.8) is 0 Å². The van der Waals surface area contributed by atoms with Crippen molar-refractivity contribution in [2.45, 2.75) is 12.8 Å². The predicted octanol–water partition coefficient (Wildman–Crippen LogP) is 4.04. The van der Waals surface area contributed by atoms with Crippen LogP contribution in [-0.2, 0) is 12.8 Å². The van der Waals surface area contributed by atoms with Crippen LogP contribution in [0.4, 0.5) is 5.82 Å². The van der Waals surface area contributed by atoms with Gasteiger partial charge in [-0.2, -0.15) is 4.68 Å². The Morgan fingerprint density at radius 1 is 1.12 bits per heavy atom. The maximum Gasteiger partial charge on any atom is 0.190 e. The highest BCUT2D eigenvalue weighted by Gasteiger charge is 2.19. The van der Waals surface area contributed by atoms with Crippen LogP contribution in [0.1, 0.15) is 10.4 Å². The number of benzene rings is 1. The number of halogens is 2. The van der Waals surface area contributed by atoms with E-state index in [1.807, 2.05) is 6.07 Å². The van der Waals surface area contributed by atoms with E-state index in [-0.39, 0.29) is 0 Å². The molecule has 1 aromatic carbocycles. The lowest BCUT2D eigenvalue weighted by atomic mass is 10.1. The molecule has 3 N–H and O–H groups in total. The summed E-state index contributed by atoms with van der Waals surface area (Å²) in [5, 5.41) is 16.3. The highest BCUT2D eigenvalue weighted by atomic mass is 35.5. The average molecular weight is 488 g/mol. The van der Waals surface area contributed by atoms with E-state index in [4.69, 9.17) is 33.7 Å². The zero-order chi connectivity index (χ0) is 22.2. The molecule has 4 aromatic rings. The van der Waals surface area contributed by atoms with Gasteiger partial charge in [-0.3, -0.25) is 0 Å². The number of rotatable bonds is 4. The van der Waals surface area contributed by atoms with Crippen LogP contribution in [0.25, 0.3) is 27.5 Å². The van der Waals surface area contributed by atoms with Gasteiger partial charge in [0.05, 0.1) is 28.4 Å². The van der Waals surface area contributed by atoms with Gasteiger partial charge in [0, 0.05) is 21.5 Å². The maximum absolute atomic E-state index is 6.32. The fraction of sp³-hybridized carbons (Fsp3) is 0.238. The van der Waals surface area contributed by atoms with E-state index < -0.39 is 0 Å². The van der Waals surface area contributed by atoms with E-state index in [9.17, 15) is 0 Å². The standard InChI is InChI=1S/C21H19Cl2N7OS/c1-31-19-15(22)8-13(9-16(19)23)30-21(27-28-29-30)14-6-12(10-26-20(14)24)18-7-11-2-4-25-5-3-17(11)32-18/h6-10,25H,2-5H2,1H3,(H2,24,26). The number of fused-ring (bicyclic) bond motifs is 1. The Balaban J connectivity index is 1.57. The quantitative estimate of drug-likeness (QED) is 0.447. The zero-order valence-corrected chi connectivity index (χ0v) is 19.4. The minimum Gasteiger partial charge on any atom is -0.494 e. The molecule has 5 rings (SSSR count). The van der Waals surface area contributed by atoms with Gasteiger partial charge in [-0.25, -0.2) is 4.98 Å². The molecule has 0 unspecified atom stereocenters. The molecule has 164 valence electrons. The monoisotopic (exact) mass is 487 g/mol. The summed E-state index contributed by atoms with van der Waals surface area (Å²) in [6.45, 7) is 2.00. The van der Waals surface area contributed by atoms with Gasteiger partial charge < -0.3 is 15.8 Å². The molecule has 1 aliphatic heterocycles. The molecule has 0 bridgehead atoms. The second kappa shape index (κ2) is 8.67. The molecule has 0 saturated heterocycles. The Bertz CT molecular complexity index is 1260. The molecule has 4 heterocycles. The van der Waals surface area contributed by atoms with Gasteiger partial charge in [-0.1, -0.05) is 23.2 Å². The summed E-state index contributed by atoms with van der Waals surface area (Å²) >= 11 is 14.4. The first-order valence-corrected chi connectivity index (χ1v) is 11.5. The summed E-state index contributed by atoms with van der Waals surface area (Å²) in [5.41, 5.74) is 9.80. The van der Waals surface area contributed by atoms with Crippen molar-refractivity contribution in [3.8, 4) is 33.3 Å². The number of ether oxygens (including phenoxy) is 1. The fourth-order valence-electron chi connectivity index (χ4n) is 3.76. The van der Waals surface area contributed by atoms with Crippen molar-refractivity contribution >= 4 is 40.4 Å². The zero-order valence-electron chi connectivity index (χ0n) is 17.1. The van der Waals surface area contributed by atoms with Crippen LogP contribution < -0.4 is 15.8 Å². The highest BCUT2D eigenvalue weighted by molar-refractivity contribution is 7.15. The minimum atomic E-state index is 0.331. The second-order valence-electron chi connectivity index (χ2n) is 7.32. The van der Waals surface area contributed by atoms with Crippen LogP contribution in [0.15, 0.2) is 30.5 Å². The Kier molecular flexibility index (Phi) is 5.73. The normalized spacial score (nSPS) is 13.6. The first-order valence-electron chi connectivity index (χ1n) is 9.95. The number of hydrogen-bond donors (Lipinski definition) is 2. The summed E-state index contributed by atoms with van der Waals surface area (Å²) in [6, 6.07) is 7.59. The number of tetrazole rings is 1. The van der Waals surface area contributed by atoms with Gasteiger partial charge in [0.15, 0.2) is 11.6 Å². The Hall–Kier alpha value is -2.72. The van der Waals surface area contributed by atoms with Crippen molar-refractivity contribution in [2.24, 2.45) is 0 Å². The number of anilines is 1. The molecule has 11 heteroatoms. The molecule has 0 saturated carbocycles. The molecular formula is C21H19Cl2N7OS. The topological polar surface area (TPSA) is 104 Å². The summed E-state index contributed by atoms with van der Waals surface area (Å²) in [6.07, 6.45) is 3.85. The van der Waals surface area contributed by atoms with Gasteiger partial charge in [0.2, 0.25) is 0 Å². The van der Waals surface area contributed by atoms with E-state index in [0.29, 0.717) is 38.7 Å². The molecule has 0 atom stereocenters. The third-order valence-electron chi connectivity index (χ3n) is 5.34. The van der Waals surface area contributed by atoms with Gasteiger partial charge in [-0.05, 0) is 66.2 Å². The van der Waals surface area contributed by atoms with Crippen LogP contribution in [0.3, 0.4) is 0 Å². The third-order valence-corrected chi connectivity index (χ3v) is 7.19. The smallest absolute Gasteiger partial charge is 0.190 e. The minimum absolute atomic E-state index is 0.331. The summed E-state index contributed by atoms with van der Waals surface area (Å²) in [5.74, 6) is 1.16. The molecule has 0 amide bonds. The summed E-state index contributed by atoms with van der Waals surface area (Å²) in [7, 11) is 1.51.